The van der Waals surface area contributed by atoms with Gasteiger partial charge in [0.15, 0.2) is 0 Å². The van der Waals surface area contributed by atoms with Gasteiger partial charge in [-0.15, -0.1) is 0 Å². The number of rotatable bonds is 5. The molecule has 20 heavy (non-hydrogen) atoms. The van der Waals surface area contributed by atoms with E-state index >= 15 is 0 Å². The molecule has 1 heterocycles. The fourth-order valence-corrected chi connectivity index (χ4v) is 2.36. The third kappa shape index (κ3) is 3.16. The zero-order valence-corrected chi connectivity index (χ0v) is 12.2. The van der Waals surface area contributed by atoms with E-state index in [1.807, 2.05) is 37.3 Å². The number of allylic oxidation sites excluding steroid dienone is 1. The average molecular weight is 271 g/mol. The number of hydrogen-bond donors (Lipinski definition) is 0. The Balaban J connectivity index is 2.10. The molecule has 1 fully saturated rings. The molecule has 3 heteroatoms. The number of carbonyl (C=O) groups excluding carboxylic acids is 2. The minimum Gasteiger partial charge on any atom is -0.274 e. The molecule has 2 amide bonds. The van der Waals surface area contributed by atoms with Crippen molar-refractivity contribution >= 4 is 17.5 Å². The Labute approximate surface area is 120 Å². The summed E-state index contributed by atoms with van der Waals surface area (Å²) >= 11 is 0. The van der Waals surface area contributed by atoms with Gasteiger partial charge in [-0.2, -0.15) is 0 Å². The molecule has 0 radical (unpaired) electrons. The van der Waals surface area contributed by atoms with E-state index in [0.717, 1.165) is 31.2 Å². The van der Waals surface area contributed by atoms with Gasteiger partial charge >= 0.3 is 0 Å². The molecular formula is C17H21NO2. The largest absolute Gasteiger partial charge is 0.274 e. The lowest BCUT2D eigenvalue weighted by atomic mass is 10.1. The van der Waals surface area contributed by atoms with Crippen LogP contribution < -0.4 is 4.90 Å². The molecule has 0 unspecified atom stereocenters. The minimum atomic E-state index is -0.157. The lowest BCUT2D eigenvalue weighted by molar-refractivity contribution is -0.120. The first-order chi connectivity index (χ1) is 9.63. The van der Waals surface area contributed by atoms with Crippen LogP contribution in [0.15, 0.2) is 35.9 Å². The second-order valence-electron chi connectivity index (χ2n) is 5.27. The number of aryl methyl sites for hydroxylation is 1. The summed E-state index contributed by atoms with van der Waals surface area (Å²) in [6, 6.07) is 7.48. The third-order valence-electron chi connectivity index (χ3n) is 3.56. The second-order valence-corrected chi connectivity index (χ2v) is 5.27. The summed E-state index contributed by atoms with van der Waals surface area (Å²) in [5.41, 5.74) is 2.43. The van der Waals surface area contributed by atoms with Gasteiger partial charge in [0.25, 0.3) is 5.91 Å². The van der Waals surface area contributed by atoms with E-state index in [4.69, 9.17) is 0 Å². The predicted octanol–water partition coefficient (Wildman–Crippen LogP) is 3.77. The molecule has 1 saturated heterocycles. The average Bonchev–Trinajstić information content (AvgIpc) is 2.71. The number of benzene rings is 1. The molecule has 1 aliphatic heterocycles. The molecule has 0 atom stereocenters. The van der Waals surface area contributed by atoms with Crippen LogP contribution in [0.5, 0.6) is 0 Å². The number of nitrogens with zero attached hydrogens (tertiary/aromatic N) is 1. The summed E-state index contributed by atoms with van der Waals surface area (Å²) in [7, 11) is 0. The molecule has 0 saturated carbocycles. The molecule has 1 aliphatic rings. The highest BCUT2D eigenvalue weighted by Gasteiger charge is 2.34. The van der Waals surface area contributed by atoms with E-state index in [-0.39, 0.29) is 18.2 Å². The lowest BCUT2D eigenvalue weighted by Gasteiger charge is -2.13. The van der Waals surface area contributed by atoms with Gasteiger partial charge in [0.05, 0.1) is 12.1 Å². The Morgan fingerprint density at radius 3 is 2.50 bits per heavy atom. The van der Waals surface area contributed by atoms with Crippen molar-refractivity contribution < 1.29 is 9.59 Å². The van der Waals surface area contributed by atoms with Crippen LogP contribution in [0.4, 0.5) is 5.69 Å². The van der Waals surface area contributed by atoms with Crippen molar-refractivity contribution in [2.24, 2.45) is 0 Å². The maximum absolute atomic E-state index is 12.3. The fraction of sp³-hybridized carbons (Fsp3) is 0.412. The number of carbonyl (C=O) groups is 2. The number of unbranched alkanes of at least 4 members (excludes halogenated alkanes) is 3. The molecule has 3 nitrogen and oxygen atoms in total. The Morgan fingerprint density at radius 1 is 1.15 bits per heavy atom. The van der Waals surface area contributed by atoms with Crippen LogP contribution >= 0.6 is 0 Å². The van der Waals surface area contributed by atoms with Crippen molar-refractivity contribution in [2.45, 2.75) is 46.0 Å². The maximum atomic E-state index is 12.3. The summed E-state index contributed by atoms with van der Waals surface area (Å²) in [6.45, 7) is 4.13. The van der Waals surface area contributed by atoms with Crippen LogP contribution in [0.25, 0.3) is 0 Å². The van der Waals surface area contributed by atoms with Gasteiger partial charge in [-0.3, -0.25) is 9.59 Å². The van der Waals surface area contributed by atoms with Crippen molar-refractivity contribution in [1.82, 2.24) is 0 Å². The zero-order chi connectivity index (χ0) is 14.5. The quantitative estimate of drug-likeness (QED) is 0.464. The molecule has 1 aromatic carbocycles. The topological polar surface area (TPSA) is 37.4 Å². The van der Waals surface area contributed by atoms with Crippen molar-refractivity contribution in [3.05, 3.63) is 41.5 Å². The van der Waals surface area contributed by atoms with Gasteiger partial charge in [0.1, 0.15) is 0 Å². The van der Waals surface area contributed by atoms with Crippen LogP contribution in [0.2, 0.25) is 0 Å². The highest BCUT2D eigenvalue weighted by Crippen LogP contribution is 2.26. The maximum Gasteiger partial charge on any atom is 0.261 e. The van der Waals surface area contributed by atoms with Gasteiger partial charge in [-0.05, 0) is 31.9 Å². The van der Waals surface area contributed by atoms with E-state index in [2.05, 4.69) is 6.92 Å². The van der Waals surface area contributed by atoms with Gasteiger partial charge in [-0.25, -0.2) is 4.90 Å². The molecule has 0 aromatic heterocycles. The first-order valence-corrected chi connectivity index (χ1v) is 7.26. The van der Waals surface area contributed by atoms with Crippen LogP contribution in [-0.4, -0.2) is 11.8 Å². The van der Waals surface area contributed by atoms with E-state index < -0.39 is 0 Å². The molecule has 0 N–H and O–H groups in total. The fourth-order valence-electron chi connectivity index (χ4n) is 2.36. The first-order valence-electron chi connectivity index (χ1n) is 7.26. The van der Waals surface area contributed by atoms with E-state index in [9.17, 15) is 9.59 Å². The van der Waals surface area contributed by atoms with Gasteiger partial charge in [0, 0.05) is 5.57 Å². The zero-order valence-electron chi connectivity index (χ0n) is 12.2. The Bertz CT molecular complexity index is 528. The monoisotopic (exact) mass is 271 g/mol. The molecule has 0 spiro atoms. The third-order valence-corrected chi connectivity index (χ3v) is 3.56. The SMILES string of the molecule is CCCCC/C=C1\CC(=O)N(c2ccc(C)cc2)C1=O. The van der Waals surface area contributed by atoms with Crippen LogP contribution in [0.1, 0.15) is 44.6 Å². The van der Waals surface area contributed by atoms with Gasteiger partial charge < -0.3 is 0 Å². The summed E-state index contributed by atoms with van der Waals surface area (Å²) in [5.74, 6) is -0.282. The number of imide groups is 1. The smallest absolute Gasteiger partial charge is 0.261 e. The second kappa shape index (κ2) is 6.51. The predicted molar refractivity (Wildman–Crippen MR) is 80.5 cm³/mol. The number of hydrogen-bond acceptors (Lipinski definition) is 2. The lowest BCUT2D eigenvalue weighted by Crippen LogP contribution is -2.28. The molecule has 106 valence electrons. The van der Waals surface area contributed by atoms with Crippen molar-refractivity contribution in [3.63, 3.8) is 0 Å². The molecule has 0 aliphatic carbocycles. The first kappa shape index (κ1) is 14.5. The Kier molecular flexibility index (Phi) is 4.72. The minimum absolute atomic E-state index is 0.124. The molecular weight excluding hydrogens is 250 g/mol. The van der Waals surface area contributed by atoms with Crippen molar-refractivity contribution in [2.75, 3.05) is 4.90 Å². The van der Waals surface area contributed by atoms with E-state index in [0.29, 0.717) is 11.3 Å². The number of anilines is 1. The normalized spacial score (nSPS) is 17.3. The number of amides is 2. The summed E-state index contributed by atoms with van der Waals surface area (Å²) in [6.07, 6.45) is 6.44. The Morgan fingerprint density at radius 2 is 1.85 bits per heavy atom. The highest BCUT2D eigenvalue weighted by molar-refractivity contribution is 6.28. The van der Waals surface area contributed by atoms with Gasteiger partial charge in [-0.1, -0.05) is 43.5 Å². The molecule has 2 rings (SSSR count). The standard InChI is InChI=1S/C17H21NO2/c1-3-4-5-6-7-14-12-16(19)18(17(14)20)15-10-8-13(2)9-11-15/h7-11H,3-6,12H2,1-2H3/b14-7+. The Hall–Kier alpha value is -1.90. The summed E-state index contributed by atoms with van der Waals surface area (Å²) in [4.78, 5) is 25.6. The van der Waals surface area contributed by atoms with Crippen molar-refractivity contribution in [1.29, 1.82) is 0 Å². The summed E-state index contributed by atoms with van der Waals surface area (Å²) < 4.78 is 0. The van der Waals surface area contributed by atoms with E-state index in [1.54, 1.807) is 0 Å². The highest BCUT2D eigenvalue weighted by atomic mass is 16.2. The van der Waals surface area contributed by atoms with E-state index in [1.165, 1.54) is 4.90 Å². The van der Waals surface area contributed by atoms with Crippen molar-refractivity contribution in [3.8, 4) is 0 Å². The van der Waals surface area contributed by atoms with Crippen LogP contribution in [-0.2, 0) is 9.59 Å². The molecule has 1 aromatic rings. The van der Waals surface area contributed by atoms with Crippen LogP contribution in [0, 0.1) is 6.92 Å². The van der Waals surface area contributed by atoms with Gasteiger partial charge in [0.2, 0.25) is 5.91 Å². The summed E-state index contributed by atoms with van der Waals surface area (Å²) in [5, 5.41) is 0. The molecule has 0 bridgehead atoms. The van der Waals surface area contributed by atoms with Crippen LogP contribution in [0.3, 0.4) is 0 Å².